The number of nitrogens with one attached hydrogen (secondary N) is 1. The molecule has 4 fully saturated rings. The molecule has 1 amide bonds. The third kappa shape index (κ3) is 3.68. The van der Waals surface area contributed by atoms with Gasteiger partial charge in [-0.3, -0.25) is 4.79 Å². The monoisotopic (exact) mass is 379 g/mol. The Labute approximate surface area is 164 Å². The van der Waals surface area contributed by atoms with Gasteiger partial charge < -0.3 is 26.1 Å². The van der Waals surface area contributed by atoms with Crippen LogP contribution in [-0.2, 0) is 14.1 Å². The minimum absolute atomic E-state index is 0.0604. The summed E-state index contributed by atoms with van der Waals surface area (Å²) in [5, 5.41) is 3.06. The number of unbranched alkanes of at least 4 members (excludes halogenated alkanes) is 1. The SMILES string of the molecule is C[C@@H](NC(=O)[C@@H](N)CCCCN)[C@@H](C)B1OC2CC3CC(C3(C)C)[C@@]2(C)O1. The topological polar surface area (TPSA) is 99.6 Å². The second-order valence-electron chi connectivity index (χ2n) is 9.88. The first-order valence-electron chi connectivity index (χ1n) is 10.7. The van der Waals surface area contributed by atoms with Gasteiger partial charge in [-0.25, -0.2) is 0 Å². The van der Waals surface area contributed by atoms with Crippen molar-refractivity contribution in [2.24, 2.45) is 28.7 Å². The Bertz CT molecular complexity index is 561. The zero-order chi connectivity index (χ0) is 20.0. The maximum atomic E-state index is 12.4. The molecule has 2 bridgehead atoms. The predicted octanol–water partition coefficient (Wildman–Crippen LogP) is 2.07. The number of nitrogens with two attached hydrogens (primary N) is 2. The molecule has 4 aliphatic rings. The fourth-order valence-electron chi connectivity index (χ4n) is 5.46. The van der Waals surface area contributed by atoms with E-state index in [1.54, 1.807) is 0 Å². The molecule has 27 heavy (non-hydrogen) atoms. The van der Waals surface area contributed by atoms with Crippen LogP contribution >= 0.6 is 0 Å². The Balaban J connectivity index is 1.54. The molecule has 4 rings (SSSR count). The maximum absolute atomic E-state index is 12.4. The molecule has 3 aliphatic carbocycles. The number of hydrogen-bond acceptors (Lipinski definition) is 5. The number of amides is 1. The summed E-state index contributed by atoms with van der Waals surface area (Å²) < 4.78 is 12.9. The van der Waals surface area contributed by atoms with Gasteiger partial charge in [-0.1, -0.05) is 27.2 Å². The Morgan fingerprint density at radius 2 is 1.96 bits per heavy atom. The molecule has 6 nitrogen and oxygen atoms in total. The molecule has 7 heteroatoms. The maximum Gasteiger partial charge on any atom is 0.462 e. The Morgan fingerprint density at radius 3 is 2.59 bits per heavy atom. The zero-order valence-corrected chi connectivity index (χ0v) is 17.7. The number of hydrogen-bond donors (Lipinski definition) is 3. The molecule has 0 aromatic carbocycles. The molecule has 154 valence electrons. The second kappa shape index (κ2) is 7.66. The highest BCUT2D eigenvalue weighted by Crippen LogP contribution is 2.66. The van der Waals surface area contributed by atoms with Gasteiger partial charge in [-0.2, -0.15) is 0 Å². The van der Waals surface area contributed by atoms with Gasteiger partial charge >= 0.3 is 7.12 Å². The van der Waals surface area contributed by atoms with E-state index >= 15 is 0 Å². The Kier molecular flexibility index (Phi) is 5.98. The van der Waals surface area contributed by atoms with Crippen LogP contribution in [0.25, 0.3) is 0 Å². The number of carbonyl (C=O) groups is 1. The van der Waals surface area contributed by atoms with Crippen LogP contribution in [0.15, 0.2) is 0 Å². The van der Waals surface area contributed by atoms with Crippen molar-refractivity contribution in [2.75, 3.05) is 6.54 Å². The van der Waals surface area contributed by atoms with Crippen molar-refractivity contribution in [2.45, 2.75) is 96.3 Å². The molecule has 3 unspecified atom stereocenters. The van der Waals surface area contributed by atoms with Crippen molar-refractivity contribution >= 4 is 13.0 Å². The molecule has 1 heterocycles. The van der Waals surface area contributed by atoms with Crippen LogP contribution in [0.2, 0.25) is 5.82 Å². The van der Waals surface area contributed by atoms with E-state index in [4.69, 9.17) is 20.8 Å². The molecule has 1 saturated heterocycles. The van der Waals surface area contributed by atoms with Crippen LogP contribution in [0.4, 0.5) is 0 Å². The van der Waals surface area contributed by atoms with Crippen LogP contribution in [0.5, 0.6) is 0 Å². The van der Waals surface area contributed by atoms with E-state index in [9.17, 15) is 4.79 Å². The minimum Gasteiger partial charge on any atom is -0.405 e. The average Bonchev–Trinajstić information content (AvgIpc) is 2.97. The lowest BCUT2D eigenvalue weighted by atomic mass is 9.43. The number of rotatable bonds is 8. The molecule has 3 saturated carbocycles. The van der Waals surface area contributed by atoms with Gasteiger partial charge in [0, 0.05) is 11.9 Å². The highest BCUT2D eigenvalue weighted by molar-refractivity contribution is 6.47. The van der Waals surface area contributed by atoms with Crippen LogP contribution in [0, 0.1) is 17.3 Å². The molecule has 7 atom stereocenters. The first-order chi connectivity index (χ1) is 12.6. The van der Waals surface area contributed by atoms with Gasteiger partial charge in [0.15, 0.2) is 0 Å². The fraction of sp³-hybridized carbons (Fsp3) is 0.950. The molecule has 5 N–H and O–H groups in total. The summed E-state index contributed by atoms with van der Waals surface area (Å²) in [5.41, 5.74) is 11.6. The van der Waals surface area contributed by atoms with Crippen molar-refractivity contribution in [1.29, 1.82) is 0 Å². The molecular weight excluding hydrogens is 341 g/mol. The lowest BCUT2D eigenvalue weighted by molar-refractivity contribution is -0.199. The van der Waals surface area contributed by atoms with E-state index < -0.39 is 6.04 Å². The van der Waals surface area contributed by atoms with Gasteiger partial charge in [-0.05, 0) is 63.3 Å². The Morgan fingerprint density at radius 1 is 1.26 bits per heavy atom. The second-order valence-corrected chi connectivity index (χ2v) is 9.88. The third-order valence-corrected chi connectivity index (χ3v) is 7.86. The summed E-state index contributed by atoms with van der Waals surface area (Å²) in [5.74, 6) is 1.25. The summed E-state index contributed by atoms with van der Waals surface area (Å²) in [6.45, 7) is 11.7. The zero-order valence-electron chi connectivity index (χ0n) is 17.7. The van der Waals surface area contributed by atoms with E-state index in [1.165, 1.54) is 6.42 Å². The highest BCUT2D eigenvalue weighted by atomic mass is 16.7. The standard InChI is InChI=1S/C20H38BN3O3/c1-12(13(2)24-18(25)15(23)8-6-7-9-22)21-26-17-11-14-10-16(19(14,3)4)20(17,5)27-21/h12-17H,6-11,22-23H2,1-5H3,(H,24,25)/t12-,13-,14?,15+,16?,17?,20-/m1/s1. The fourth-order valence-corrected chi connectivity index (χ4v) is 5.46. The molecule has 0 aromatic rings. The first kappa shape index (κ1) is 21.1. The summed E-state index contributed by atoms with van der Waals surface area (Å²) in [4.78, 5) is 12.4. The largest absolute Gasteiger partial charge is 0.462 e. The molecule has 0 aromatic heterocycles. The Hall–Kier alpha value is -0.625. The van der Waals surface area contributed by atoms with E-state index in [2.05, 4.69) is 33.0 Å². The van der Waals surface area contributed by atoms with E-state index in [0.29, 0.717) is 24.3 Å². The van der Waals surface area contributed by atoms with Gasteiger partial charge in [0.05, 0.1) is 17.7 Å². The van der Waals surface area contributed by atoms with Crippen molar-refractivity contribution in [3.05, 3.63) is 0 Å². The van der Waals surface area contributed by atoms with Gasteiger partial charge in [-0.15, -0.1) is 0 Å². The van der Waals surface area contributed by atoms with E-state index in [-0.39, 0.29) is 36.6 Å². The molecule has 0 radical (unpaired) electrons. The lowest BCUT2D eigenvalue weighted by Crippen LogP contribution is -2.65. The smallest absolute Gasteiger partial charge is 0.405 e. The van der Waals surface area contributed by atoms with Crippen LogP contribution in [-0.4, -0.2) is 43.4 Å². The van der Waals surface area contributed by atoms with Crippen LogP contribution in [0.3, 0.4) is 0 Å². The van der Waals surface area contributed by atoms with Gasteiger partial charge in [0.25, 0.3) is 0 Å². The average molecular weight is 379 g/mol. The lowest BCUT2D eigenvalue weighted by Gasteiger charge is -2.64. The quantitative estimate of drug-likeness (QED) is 0.443. The van der Waals surface area contributed by atoms with Gasteiger partial charge in [0.1, 0.15) is 0 Å². The van der Waals surface area contributed by atoms with E-state index in [0.717, 1.165) is 25.2 Å². The summed E-state index contributed by atoms with van der Waals surface area (Å²) >= 11 is 0. The van der Waals surface area contributed by atoms with Crippen LogP contribution in [0.1, 0.15) is 66.7 Å². The van der Waals surface area contributed by atoms with Gasteiger partial charge in [0.2, 0.25) is 5.91 Å². The van der Waals surface area contributed by atoms with Crippen molar-refractivity contribution in [3.63, 3.8) is 0 Å². The van der Waals surface area contributed by atoms with Crippen LogP contribution < -0.4 is 16.8 Å². The summed E-state index contributed by atoms with van der Waals surface area (Å²) in [7, 11) is -0.279. The van der Waals surface area contributed by atoms with Crippen molar-refractivity contribution < 1.29 is 14.1 Å². The van der Waals surface area contributed by atoms with E-state index in [1.807, 2.05) is 6.92 Å². The molecule has 0 spiro atoms. The van der Waals surface area contributed by atoms with Crippen molar-refractivity contribution in [3.8, 4) is 0 Å². The third-order valence-electron chi connectivity index (χ3n) is 7.86. The van der Waals surface area contributed by atoms with Crippen molar-refractivity contribution in [1.82, 2.24) is 5.32 Å². The highest BCUT2D eigenvalue weighted by Gasteiger charge is 2.68. The predicted molar refractivity (Wildman–Crippen MR) is 108 cm³/mol. The molecule has 1 aliphatic heterocycles. The molecular formula is C20H38BN3O3. The first-order valence-corrected chi connectivity index (χ1v) is 10.7. The summed E-state index contributed by atoms with van der Waals surface area (Å²) in [6, 6.07) is -0.542. The summed E-state index contributed by atoms with van der Waals surface area (Å²) in [6.07, 6.45) is 4.93. The number of carbonyl (C=O) groups excluding carboxylic acids is 1. The normalized spacial score (nSPS) is 37.1. The minimum atomic E-state index is -0.482.